The number of nitrogens with one attached hydrogen (secondary N) is 2. The summed E-state index contributed by atoms with van der Waals surface area (Å²) in [6.07, 6.45) is 1.83. The minimum Gasteiger partial charge on any atom is -0.357 e. The second-order valence-electron chi connectivity index (χ2n) is 6.09. The zero-order valence-electron chi connectivity index (χ0n) is 15.7. The Morgan fingerprint density at radius 1 is 1.19 bits per heavy atom. The third kappa shape index (κ3) is 5.65. The highest BCUT2D eigenvalue weighted by Gasteiger charge is 2.09. The molecule has 0 bridgehead atoms. The van der Waals surface area contributed by atoms with Gasteiger partial charge in [0.15, 0.2) is 11.8 Å². The highest BCUT2D eigenvalue weighted by Crippen LogP contribution is 2.19. The van der Waals surface area contributed by atoms with E-state index in [1.807, 2.05) is 12.1 Å². The van der Waals surface area contributed by atoms with Crippen molar-refractivity contribution < 1.29 is 4.52 Å². The Labute approximate surface area is 163 Å². The summed E-state index contributed by atoms with van der Waals surface area (Å²) in [5, 5.41) is 12.8. The molecular weight excluding hydrogens is 358 g/mol. The molecule has 0 aliphatic carbocycles. The molecule has 6 nitrogen and oxygen atoms in total. The fourth-order valence-electron chi connectivity index (χ4n) is 2.60. The third-order valence-corrected chi connectivity index (χ3v) is 4.77. The Balaban J connectivity index is 1.66. The van der Waals surface area contributed by atoms with Crippen LogP contribution < -0.4 is 10.6 Å². The van der Waals surface area contributed by atoms with Crippen LogP contribution in [0.15, 0.2) is 51.3 Å². The van der Waals surface area contributed by atoms with Crippen molar-refractivity contribution in [3.8, 4) is 11.5 Å². The monoisotopic (exact) mass is 383 g/mol. The van der Waals surface area contributed by atoms with Crippen LogP contribution in [0, 0.1) is 0 Å². The summed E-state index contributed by atoms with van der Waals surface area (Å²) in [5.41, 5.74) is 2.02. The minimum absolute atomic E-state index is 0.562. The number of nitrogens with zero attached hydrogens (tertiary/aromatic N) is 3. The summed E-state index contributed by atoms with van der Waals surface area (Å²) in [4.78, 5) is 10.4. The molecule has 2 aromatic heterocycles. The van der Waals surface area contributed by atoms with Gasteiger partial charge in [-0.05, 0) is 42.5 Å². The van der Waals surface area contributed by atoms with E-state index >= 15 is 0 Å². The normalized spacial score (nSPS) is 11.6. The van der Waals surface area contributed by atoms with Crippen molar-refractivity contribution in [3.05, 3.63) is 58.0 Å². The minimum atomic E-state index is 0.562. The lowest BCUT2D eigenvalue weighted by molar-refractivity contribution is 0.422. The fraction of sp³-hybridized carbons (Fsp3) is 0.350. The number of benzene rings is 1. The molecule has 3 aromatic rings. The van der Waals surface area contributed by atoms with E-state index in [9.17, 15) is 0 Å². The predicted octanol–water partition coefficient (Wildman–Crippen LogP) is 4.01. The number of aryl methyl sites for hydroxylation is 1. The topological polar surface area (TPSA) is 75.3 Å². The van der Waals surface area contributed by atoms with Crippen LogP contribution in [-0.4, -0.2) is 22.6 Å². The zero-order chi connectivity index (χ0) is 18.9. The molecule has 0 spiro atoms. The average Bonchev–Trinajstić information content (AvgIpc) is 3.37. The molecule has 0 unspecified atom stereocenters. The molecule has 0 aliphatic rings. The first-order valence-corrected chi connectivity index (χ1v) is 10.1. The van der Waals surface area contributed by atoms with Crippen molar-refractivity contribution in [3.63, 3.8) is 0 Å². The maximum absolute atomic E-state index is 5.38. The maximum Gasteiger partial charge on any atom is 0.257 e. The van der Waals surface area contributed by atoms with Gasteiger partial charge in [-0.25, -0.2) is 4.99 Å². The Bertz CT molecular complexity index is 857. The summed E-state index contributed by atoms with van der Waals surface area (Å²) in [7, 11) is 0. The Hall–Kier alpha value is -2.67. The molecule has 0 atom stereocenters. The van der Waals surface area contributed by atoms with Gasteiger partial charge < -0.3 is 15.2 Å². The van der Waals surface area contributed by atoms with Crippen molar-refractivity contribution in [2.75, 3.05) is 6.54 Å². The van der Waals surface area contributed by atoms with Crippen molar-refractivity contribution in [2.45, 2.75) is 39.8 Å². The summed E-state index contributed by atoms with van der Waals surface area (Å²) < 4.78 is 5.38. The number of rotatable bonds is 8. The lowest BCUT2D eigenvalue weighted by Gasteiger charge is -2.10. The largest absolute Gasteiger partial charge is 0.357 e. The number of aromatic nitrogens is 2. The molecule has 3 rings (SSSR count). The molecule has 0 amide bonds. The van der Waals surface area contributed by atoms with Gasteiger partial charge >= 0.3 is 0 Å². The molecule has 0 saturated heterocycles. The first-order valence-electron chi connectivity index (χ1n) is 9.25. The fourth-order valence-corrected chi connectivity index (χ4v) is 3.24. The van der Waals surface area contributed by atoms with E-state index in [1.165, 1.54) is 4.88 Å². The van der Waals surface area contributed by atoms with Crippen LogP contribution in [0.4, 0.5) is 0 Å². The summed E-state index contributed by atoms with van der Waals surface area (Å²) >= 11 is 1.73. The Kier molecular flexibility index (Phi) is 6.98. The van der Waals surface area contributed by atoms with E-state index in [-0.39, 0.29) is 0 Å². The van der Waals surface area contributed by atoms with Gasteiger partial charge in [0.25, 0.3) is 5.89 Å². The second-order valence-corrected chi connectivity index (χ2v) is 7.13. The SMILES string of the molecule is CCCc1noc(-c2cccc(CN=C(NCC)NCc3cccs3)c2)n1. The van der Waals surface area contributed by atoms with Crippen molar-refractivity contribution in [1.82, 2.24) is 20.8 Å². The molecule has 7 heteroatoms. The van der Waals surface area contributed by atoms with E-state index in [0.29, 0.717) is 12.4 Å². The summed E-state index contributed by atoms with van der Waals surface area (Å²) in [6, 6.07) is 12.3. The number of aliphatic imine (C=N–C) groups is 1. The van der Waals surface area contributed by atoms with Gasteiger partial charge in [-0.15, -0.1) is 11.3 Å². The molecule has 2 heterocycles. The molecule has 1 aromatic carbocycles. The van der Waals surface area contributed by atoms with Gasteiger partial charge in [0.1, 0.15) is 0 Å². The first-order chi connectivity index (χ1) is 13.3. The van der Waals surface area contributed by atoms with Gasteiger partial charge in [-0.1, -0.05) is 30.3 Å². The Morgan fingerprint density at radius 2 is 2.11 bits per heavy atom. The second kappa shape index (κ2) is 9.87. The lowest BCUT2D eigenvalue weighted by Crippen LogP contribution is -2.36. The van der Waals surface area contributed by atoms with Crippen LogP contribution in [0.1, 0.15) is 36.5 Å². The van der Waals surface area contributed by atoms with Crippen LogP contribution >= 0.6 is 11.3 Å². The quantitative estimate of drug-likeness (QED) is 0.454. The van der Waals surface area contributed by atoms with Crippen molar-refractivity contribution in [1.29, 1.82) is 0 Å². The van der Waals surface area contributed by atoms with Crippen molar-refractivity contribution >= 4 is 17.3 Å². The third-order valence-electron chi connectivity index (χ3n) is 3.89. The van der Waals surface area contributed by atoms with E-state index in [0.717, 1.165) is 48.8 Å². The number of hydrogen-bond donors (Lipinski definition) is 2. The molecule has 0 aliphatic heterocycles. The van der Waals surface area contributed by atoms with E-state index < -0.39 is 0 Å². The first kappa shape index (κ1) is 19.1. The molecule has 0 saturated carbocycles. The maximum atomic E-state index is 5.38. The van der Waals surface area contributed by atoms with E-state index in [1.54, 1.807) is 11.3 Å². The standard InChI is InChI=1S/C20H25N5OS/c1-3-7-18-24-19(26-25-18)16-9-5-8-15(12-16)13-22-20(21-4-2)23-14-17-10-6-11-27-17/h5-6,8-12H,3-4,7,13-14H2,1-2H3,(H2,21,22,23). The molecule has 0 radical (unpaired) electrons. The van der Waals surface area contributed by atoms with Crippen LogP contribution in [0.25, 0.3) is 11.5 Å². The predicted molar refractivity (Wildman–Crippen MR) is 110 cm³/mol. The van der Waals surface area contributed by atoms with Crippen LogP contribution in [-0.2, 0) is 19.5 Å². The number of hydrogen-bond acceptors (Lipinski definition) is 5. The molecule has 142 valence electrons. The number of guanidine groups is 1. The molecule has 0 fully saturated rings. The number of thiophene rings is 1. The van der Waals surface area contributed by atoms with E-state index in [4.69, 9.17) is 4.52 Å². The van der Waals surface area contributed by atoms with Crippen LogP contribution in [0.2, 0.25) is 0 Å². The van der Waals surface area contributed by atoms with Gasteiger partial charge in [-0.2, -0.15) is 4.98 Å². The molecular formula is C20H25N5OS. The highest BCUT2D eigenvalue weighted by molar-refractivity contribution is 7.09. The zero-order valence-corrected chi connectivity index (χ0v) is 16.6. The van der Waals surface area contributed by atoms with E-state index in [2.05, 4.69) is 69.3 Å². The Morgan fingerprint density at radius 3 is 2.89 bits per heavy atom. The van der Waals surface area contributed by atoms with Gasteiger partial charge in [0.05, 0.1) is 13.1 Å². The van der Waals surface area contributed by atoms with Gasteiger partial charge in [-0.3, -0.25) is 0 Å². The molecule has 2 N–H and O–H groups in total. The average molecular weight is 384 g/mol. The summed E-state index contributed by atoms with van der Waals surface area (Å²) in [6.45, 7) is 6.32. The van der Waals surface area contributed by atoms with Crippen LogP contribution in [0.3, 0.4) is 0 Å². The summed E-state index contributed by atoms with van der Waals surface area (Å²) in [5.74, 6) is 2.12. The smallest absolute Gasteiger partial charge is 0.257 e. The van der Waals surface area contributed by atoms with Crippen LogP contribution in [0.5, 0.6) is 0 Å². The molecule has 27 heavy (non-hydrogen) atoms. The van der Waals surface area contributed by atoms with Crippen molar-refractivity contribution in [2.24, 2.45) is 4.99 Å². The van der Waals surface area contributed by atoms with Gasteiger partial charge in [0, 0.05) is 23.4 Å². The van der Waals surface area contributed by atoms with Gasteiger partial charge in [0.2, 0.25) is 0 Å². The highest BCUT2D eigenvalue weighted by atomic mass is 32.1. The lowest BCUT2D eigenvalue weighted by atomic mass is 10.1.